The zero-order chi connectivity index (χ0) is 16.2. The summed E-state index contributed by atoms with van der Waals surface area (Å²) in [7, 11) is 0. The van der Waals surface area contributed by atoms with Crippen molar-refractivity contribution in [3.05, 3.63) is 47.7 Å². The monoisotopic (exact) mass is 328 g/mol. The molecule has 23 heavy (non-hydrogen) atoms. The van der Waals surface area contributed by atoms with Crippen molar-refractivity contribution in [1.29, 1.82) is 0 Å². The van der Waals surface area contributed by atoms with Gasteiger partial charge >= 0.3 is 0 Å². The first-order valence-electron chi connectivity index (χ1n) is 7.66. The number of benzene rings is 1. The minimum atomic E-state index is 0.105. The number of carbonyl (C=O) groups excluding carboxylic acids is 1. The maximum atomic E-state index is 12.5. The molecule has 1 aromatic heterocycles. The minimum Gasteiger partial charge on any atom is -0.353 e. The molecule has 120 valence electrons. The fraction of sp³-hybridized carbons (Fsp3) is 0.353. The molecule has 0 bridgehead atoms. The van der Waals surface area contributed by atoms with Gasteiger partial charge in [0.2, 0.25) is 0 Å². The van der Waals surface area contributed by atoms with Gasteiger partial charge in [0.15, 0.2) is 5.16 Å². The molecular weight excluding hydrogens is 308 g/mol. The Bertz CT molecular complexity index is 684. The Morgan fingerprint density at radius 2 is 1.78 bits per heavy atom. The van der Waals surface area contributed by atoms with Crippen molar-refractivity contribution < 1.29 is 4.79 Å². The van der Waals surface area contributed by atoms with Crippen LogP contribution in [0.5, 0.6) is 0 Å². The predicted molar refractivity (Wildman–Crippen MR) is 93.1 cm³/mol. The third kappa shape index (κ3) is 3.64. The standard InChI is InChI=1S/C17H20N4OS/c1-13-12-15(19-17(18-13)23-2)20-8-10-21(11-9-20)16(22)14-6-4-3-5-7-14/h3-7,12H,8-11H2,1-2H3. The van der Waals surface area contributed by atoms with Crippen molar-refractivity contribution >= 4 is 23.5 Å². The quantitative estimate of drug-likeness (QED) is 0.640. The Kier molecular flexibility index (Phi) is 4.81. The molecule has 1 aliphatic heterocycles. The average Bonchev–Trinajstić information content (AvgIpc) is 2.61. The van der Waals surface area contributed by atoms with E-state index in [9.17, 15) is 4.79 Å². The summed E-state index contributed by atoms with van der Waals surface area (Å²) >= 11 is 1.55. The lowest BCUT2D eigenvalue weighted by Gasteiger charge is -2.35. The van der Waals surface area contributed by atoms with Gasteiger partial charge in [0.1, 0.15) is 5.82 Å². The highest BCUT2D eigenvalue weighted by Crippen LogP contribution is 2.19. The van der Waals surface area contributed by atoms with Crippen LogP contribution in [0.4, 0.5) is 5.82 Å². The molecule has 2 heterocycles. The molecule has 1 fully saturated rings. The number of aryl methyl sites for hydroxylation is 1. The number of aromatic nitrogens is 2. The highest BCUT2D eigenvalue weighted by molar-refractivity contribution is 7.98. The van der Waals surface area contributed by atoms with E-state index in [2.05, 4.69) is 14.9 Å². The lowest BCUT2D eigenvalue weighted by atomic mass is 10.2. The van der Waals surface area contributed by atoms with Crippen LogP contribution in [0.3, 0.4) is 0 Å². The highest BCUT2D eigenvalue weighted by Gasteiger charge is 2.23. The van der Waals surface area contributed by atoms with Crippen LogP contribution in [0.15, 0.2) is 41.6 Å². The number of piperazine rings is 1. The number of thioether (sulfide) groups is 1. The van der Waals surface area contributed by atoms with Gasteiger partial charge in [-0.05, 0) is 25.3 Å². The summed E-state index contributed by atoms with van der Waals surface area (Å²) in [6.45, 7) is 5.00. The predicted octanol–water partition coefficient (Wildman–Crippen LogP) is 2.47. The largest absolute Gasteiger partial charge is 0.353 e. The number of hydrogen-bond donors (Lipinski definition) is 0. The minimum absolute atomic E-state index is 0.105. The van der Waals surface area contributed by atoms with Gasteiger partial charge in [0.25, 0.3) is 5.91 Å². The number of rotatable bonds is 3. The first-order chi connectivity index (χ1) is 11.2. The van der Waals surface area contributed by atoms with Crippen molar-refractivity contribution in [3.63, 3.8) is 0 Å². The van der Waals surface area contributed by atoms with Crippen molar-refractivity contribution in [3.8, 4) is 0 Å². The molecule has 1 aliphatic rings. The van der Waals surface area contributed by atoms with E-state index >= 15 is 0 Å². The van der Waals surface area contributed by atoms with E-state index in [1.54, 1.807) is 11.8 Å². The normalized spacial score (nSPS) is 14.9. The molecule has 1 amide bonds. The lowest BCUT2D eigenvalue weighted by molar-refractivity contribution is 0.0746. The highest BCUT2D eigenvalue weighted by atomic mass is 32.2. The molecule has 0 atom stereocenters. The van der Waals surface area contributed by atoms with Crippen molar-refractivity contribution in [1.82, 2.24) is 14.9 Å². The molecule has 0 unspecified atom stereocenters. The Morgan fingerprint density at radius 1 is 1.09 bits per heavy atom. The smallest absolute Gasteiger partial charge is 0.253 e. The van der Waals surface area contributed by atoms with E-state index in [1.165, 1.54) is 0 Å². The van der Waals surface area contributed by atoms with Gasteiger partial charge in [-0.25, -0.2) is 9.97 Å². The number of nitrogens with zero attached hydrogens (tertiary/aromatic N) is 4. The Morgan fingerprint density at radius 3 is 2.43 bits per heavy atom. The van der Waals surface area contributed by atoms with Gasteiger partial charge in [-0.1, -0.05) is 30.0 Å². The van der Waals surface area contributed by atoms with Crippen LogP contribution in [0.2, 0.25) is 0 Å². The molecule has 5 nitrogen and oxygen atoms in total. The van der Waals surface area contributed by atoms with E-state index in [4.69, 9.17) is 0 Å². The van der Waals surface area contributed by atoms with Crippen LogP contribution in [-0.4, -0.2) is 53.2 Å². The second-order valence-electron chi connectivity index (χ2n) is 5.50. The van der Waals surface area contributed by atoms with Crippen LogP contribution in [0.25, 0.3) is 0 Å². The van der Waals surface area contributed by atoms with Gasteiger partial charge in [-0.3, -0.25) is 4.79 Å². The van der Waals surface area contributed by atoms with Crippen LogP contribution in [0.1, 0.15) is 16.1 Å². The summed E-state index contributed by atoms with van der Waals surface area (Å²) < 4.78 is 0. The third-order valence-corrected chi connectivity index (χ3v) is 4.46. The fourth-order valence-electron chi connectivity index (χ4n) is 2.68. The SMILES string of the molecule is CSc1nc(C)cc(N2CCN(C(=O)c3ccccc3)CC2)n1. The molecule has 0 radical (unpaired) electrons. The molecule has 0 N–H and O–H groups in total. The zero-order valence-electron chi connectivity index (χ0n) is 13.4. The third-order valence-electron chi connectivity index (χ3n) is 3.91. The zero-order valence-corrected chi connectivity index (χ0v) is 14.2. The van der Waals surface area contributed by atoms with Crippen LogP contribution < -0.4 is 4.90 Å². The molecule has 1 saturated heterocycles. The summed E-state index contributed by atoms with van der Waals surface area (Å²) in [6, 6.07) is 11.5. The summed E-state index contributed by atoms with van der Waals surface area (Å²) in [4.78, 5) is 25.6. The van der Waals surface area contributed by atoms with Crippen molar-refractivity contribution in [2.75, 3.05) is 37.3 Å². The topological polar surface area (TPSA) is 49.3 Å². The van der Waals surface area contributed by atoms with E-state index in [-0.39, 0.29) is 5.91 Å². The van der Waals surface area contributed by atoms with Gasteiger partial charge in [0, 0.05) is 43.5 Å². The molecular formula is C17H20N4OS. The molecule has 6 heteroatoms. The lowest BCUT2D eigenvalue weighted by Crippen LogP contribution is -2.49. The molecule has 0 spiro atoms. The number of hydrogen-bond acceptors (Lipinski definition) is 5. The van der Waals surface area contributed by atoms with E-state index in [0.29, 0.717) is 13.1 Å². The maximum Gasteiger partial charge on any atom is 0.253 e. The molecule has 2 aromatic rings. The van der Waals surface area contributed by atoms with Gasteiger partial charge in [-0.15, -0.1) is 0 Å². The maximum absolute atomic E-state index is 12.5. The Hall–Kier alpha value is -2.08. The van der Waals surface area contributed by atoms with Crippen molar-refractivity contribution in [2.24, 2.45) is 0 Å². The van der Waals surface area contributed by atoms with E-state index in [0.717, 1.165) is 35.3 Å². The number of amides is 1. The average molecular weight is 328 g/mol. The second-order valence-corrected chi connectivity index (χ2v) is 6.27. The molecule has 0 saturated carbocycles. The number of carbonyl (C=O) groups is 1. The van der Waals surface area contributed by atoms with Crippen molar-refractivity contribution in [2.45, 2.75) is 12.1 Å². The van der Waals surface area contributed by atoms with Crippen LogP contribution >= 0.6 is 11.8 Å². The Labute approximate surface area is 140 Å². The van der Waals surface area contributed by atoms with Gasteiger partial charge in [0.05, 0.1) is 0 Å². The Balaban J connectivity index is 1.67. The summed E-state index contributed by atoms with van der Waals surface area (Å²) in [5.74, 6) is 1.06. The number of anilines is 1. The van der Waals surface area contributed by atoms with E-state index < -0.39 is 0 Å². The summed E-state index contributed by atoms with van der Waals surface area (Å²) in [6.07, 6.45) is 1.98. The van der Waals surface area contributed by atoms with Gasteiger partial charge in [-0.2, -0.15) is 0 Å². The summed E-state index contributed by atoms with van der Waals surface area (Å²) in [5.41, 5.74) is 1.73. The first-order valence-corrected chi connectivity index (χ1v) is 8.89. The molecule has 3 rings (SSSR count). The first kappa shape index (κ1) is 15.8. The molecule has 0 aliphatic carbocycles. The summed E-state index contributed by atoms with van der Waals surface area (Å²) in [5, 5.41) is 0.794. The van der Waals surface area contributed by atoms with Gasteiger partial charge < -0.3 is 9.80 Å². The fourth-order valence-corrected chi connectivity index (χ4v) is 3.10. The molecule has 1 aromatic carbocycles. The van der Waals surface area contributed by atoms with E-state index in [1.807, 2.05) is 54.5 Å². The van der Waals surface area contributed by atoms with Crippen LogP contribution in [0, 0.1) is 6.92 Å². The second kappa shape index (κ2) is 7.00. The van der Waals surface area contributed by atoms with Crippen LogP contribution in [-0.2, 0) is 0 Å².